The first kappa shape index (κ1) is 13.8. The van der Waals surface area contributed by atoms with Crippen LogP contribution in [0.5, 0.6) is 11.5 Å². The topological polar surface area (TPSA) is 36.3 Å². The Balaban J connectivity index is 2.04. The lowest BCUT2D eigenvalue weighted by atomic mass is 10.2. The number of hydrogen-bond acceptors (Lipinski definition) is 3. The molecule has 0 saturated heterocycles. The average Bonchev–Trinajstić information content (AvgIpc) is 2.89. The Kier molecular flexibility index (Phi) is 3.71. The number of nitrogens with zero attached hydrogens (tertiary/aromatic N) is 2. The zero-order valence-corrected chi connectivity index (χ0v) is 12.6. The summed E-state index contributed by atoms with van der Waals surface area (Å²) < 4.78 is 12.8. The molecule has 0 aliphatic carbocycles. The van der Waals surface area contributed by atoms with Gasteiger partial charge in [-0.15, -0.1) is 0 Å². The summed E-state index contributed by atoms with van der Waals surface area (Å²) in [6, 6.07) is 9.68. The van der Waals surface area contributed by atoms with Gasteiger partial charge in [0, 0.05) is 29.0 Å². The van der Waals surface area contributed by atoms with E-state index < -0.39 is 0 Å². The van der Waals surface area contributed by atoms with E-state index in [1.54, 1.807) is 26.5 Å². The number of benzene rings is 1. The van der Waals surface area contributed by atoms with Crippen LogP contribution in [0.2, 0.25) is 5.02 Å². The summed E-state index contributed by atoms with van der Waals surface area (Å²) in [6.07, 6.45) is 3.73. The fraction of sp³-hybridized carbons (Fsp3) is 0.188. The molecule has 108 valence electrons. The number of halogens is 1. The summed E-state index contributed by atoms with van der Waals surface area (Å²) in [4.78, 5) is 4.40. The number of aromatic nitrogens is 2. The van der Waals surface area contributed by atoms with Crippen molar-refractivity contribution in [1.82, 2.24) is 9.55 Å². The lowest BCUT2D eigenvalue weighted by Gasteiger charge is -2.12. The molecule has 21 heavy (non-hydrogen) atoms. The first-order valence-electron chi connectivity index (χ1n) is 6.53. The Bertz CT molecular complexity index is 783. The van der Waals surface area contributed by atoms with E-state index in [1.807, 2.05) is 24.4 Å². The highest BCUT2D eigenvalue weighted by Gasteiger charge is 2.12. The van der Waals surface area contributed by atoms with E-state index in [0.717, 1.165) is 16.6 Å². The van der Waals surface area contributed by atoms with Gasteiger partial charge < -0.3 is 14.0 Å². The molecule has 0 aliphatic heterocycles. The maximum absolute atomic E-state index is 6.08. The highest BCUT2D eigenvalue weighted by atomic mass is 35.5. The number of pyridine rings is 1. The minimum Gasteiger partial charge on any atom is -0.493 e. The van der Waals surface area contributed by atoms with Crippen LogP contribution in [0.3, 0.4) is 0 Å². The van der Waals surface area contributed by atoms with Crippen LogP contribution in [0.15, 0.2) is 42.7 Å². The largest absolute Gasteiger partial charge is 0.493 e. The van der Waals surface area contributed by atoms with Crippen molar-refractivity contribution >= 4 is 22.5 Å². The molecule has 3 aromatic rings. The van der Waals surface area contributed by atoms with Crippen molar-refractivity contribution < 1.29 is 9.47 Å². The van der Waals surface area contributed by atoms with Crippen molar-refractivity contribution in [3.63, 3.8) is 0 Å². The Morgan fingerprint density at radius 3 is 2.76 bits per heavy atom. The van der Waals surface area contributed by atoms with Crippen molar-refractivity contribution in [3.8, 4) is 11.5 Å². The summed E-state index contributed by atoms with van der Waals surface area (Å²) in [5.41, 5.74) is 1.88. The van der Waals surface area contributed by atoms with E-state index in [4.69, 9.17) is 21.1 Å². The first-order chi connectivity index (χ1) is 10.2. The summed E-state index contributed by atoms with van der Waals surface area (Å²) >= 11 is 6.08. The molecule has 0 spiro atoms. The van der Waals surface area contributed by atoms with E-state index in [0.29, 0.717) is 23.1 Å². The zero-order valence-electron chi connectivity index (χ0n) is 11.8. The van der Waals surface area contributed by atoms with Gasteiger partial charge in [-0.3, -0.25) is 4.98 Å². The second-order valence-electron chi connectivity index (χ2n) is 4.64. The molecule has 0 atom stereocenters. The molecule has 0 bridgehead atoms. The number of hydrogen-bond donors (Lipinski definition) is 0. The predicted molar refractivity (Wildman–Crippen MR) is 83.4 cm³/mol. The van der Waals surface area contributed by atoms with Crippen molar-refractivity contribution in [2.45, 2.75) is 6.54 Å². The average molecular weight is 303 g/mol. The van der Waals surface area contributed by atoms with Gasteiger partial charge in [0.1, 0.15) is 5.69 Å². The molecular formula is C16H15ClN2O2. The zero-order chi connectivity index (χ0) is 14.8. The molecule has 0 aliphatic rings. The van der Waals surface area contributed by atoms with Gasteiger partial charge in [0.15, 0.2) is 11.5 Å². The highest BCUT2D eigenvalue weighted by Crippen LogP contribution is 2.30. The number of ether oxygens (including phenoxy) is 2. The van der Waals surface area contributed by atoms with E-state index in [1.165, 1.54) is 0 Å². The van der Waals surface area contributed by atoms with Crippen LogP contribution in [0, 0.1) is 0 Å². The highest BCUT2D eigenvalue weighted by molar-refractivity contribution is 6.31. The van der Waals surface area contributed by atoms with Crippen LogP contribution < -0.4 is 9.47 Å². The normalized spacial score (nSPS) is 10.8. The number of methoxy groups -OCH3 is 2. The van der Waals surface area contributed by atoms with Gasteiger partial charge in [-0.05, 0) is 23.6 Å². The van der Waals surface area contributed by atoms with Gasteiger partial charge in [-0.25, -0.2) is 0 Å². The maximum atomic E-state index is 6.08. The molecule has 0 saturated carbocycles. The smallest absolute Gasteiger partial charge is 0.184 e. The minimum absolute atomic E-state index is 0.588. The van der Waals surface area contributed by atoms with Gasteiger partial charge in [0.25, 0.3) is 0 Å². The molecule has 4 nitrogen and oxygen atoms in total. The fourth-order valence-electron chi connectivity index (χ4n) is 2.42. The van der Waals surface area contributed by atoms with E-state index >= 15 is 0 Å². The summed E-state index contributed by atoms with van der Waals surface area (Å²) in [6.45, 7) is 0.588. The molecule has 5 heteroatoms. The van der Waals surface area contributed by atoms with Crippen LogP contribution >= 0.6 is 11.6 Å². The summed E-state index contributed by atoms with van der Waals surface area (Å²) in [5, 5.41) is 1.86. The first-order valence-corrected chi connectivity index (χ1v) is 6.91. The van der Waals surface area contributed by atoms with Crippen LogP contribution in [0.1, 0.15) is 5.69 Å². The molecule has 2 aromatic heterocycles. The quantitative estimate of drug-likeness (QED) is 0.736. The molecule has 0 amide bonds. The number of rotatable bonds is 4. The van der Waals surface area contributed by atoms with Crippen molar-refractivity contribution in [3.05, 3.63) is 53.4 Å². The van der Waals surface area contributed by atoms with Crippen molar-refractivity contribution in [1.29, 1.82) is 0 Å². The lowest BCUT2D eigenvalue weighted by molar-refractivity contribution is 0.348. The molecule has 0 unspecified atom stereocenters. The van der Waals surface area contributed by atoms with Gasteiger partial charge in [-0.1, -0.05) is 17.7 Å². The Morgan fingerprint density at radius 1 is 1.14 bits per heavy atom. The van der Waals surface area contributed by atoms with Crippen LogP contribution in [-0.4, -0.2) is 23.8 Å². The molecular weight excluding hydrogens is 288 g/mol. The van der Waals surface area contributed by atoms with E-state index in [2.05, 4.69) is 15.6 Å². The number of fused-ring (bicyclic) bond motifs is 1. The minimum atomic E-state index is 0.588. The second-order valence-corrected chi connectivity index (χ2v) is 5.08. The molecule has 1 aromatic carbocycles. The third-order valence-electron chi connectivity index (χ3n) is 3.42. The standard InChI is InChI=1S/C16H15ClN2O2/c1-20-15-5-7-18-13(16(15)21-2)10-19-8-6-11-3-4-12(17)9-14(11)19/h3-9H,10H2,1-2H3. The van der Waals surface area contributed by atoms with Crippen LogP contribution in [0.25, 0.3) is 10.9 Å². The van der Waals surface area contributed by atoms with Crippen molar-refractivity contribution in [2.24, 2.45) is 0 Å². The second kappa shape index (κ2) is 5.66. The van der Waals surface area contributed by atoms with Crippen molar-refractivity contribution in [2.75, 3.05) is 14.2 Å². The lowest BCUT2D eigenvalue weighted by Crippen LogP contribution is -2.04. The van der Waals surface area contributed by atoms with E-state index in [9.17, 15) is 0 Å². The summed E-state index contributed by atoms with van der Waals surface area (Å²) in [7, 11) is 3.24. The predicted octanol–water partition coefficient (Wildman–Crippen LogP) is 3.76. The summed E-state index contributed by atoms with van der Waals surface area (Å²) in [5.74, 6) is 1.33. The maximum Gasteiger partial charge on any atom is 0.184 e. The molecule has 0 N–H and O–H groups in total. The Labute approximate surface area is 127 Å². The fourth-order valence-corrected chi connectivity index (χ4v) is 2.59. The van der Waals surface area contributed by atoms with Gasteiger partial charge >= 0.3 is 0 Å². The molecule has 2 heterocycles. The third-order valence-corrected chi connectivity index (χ3v) is 3.66. The van der Waals surface area contributed by atoms with Gasteiger partial charge in [0.2, 0.25) is 0 Å². The molecule has 0 radical (unpaired) electrons. The SMILES string of the molecule is COc1ccnc(Cn2ccc3ccc(Cl)cc32)c1OC. The molecule has 0 fully saturated rings. The Hall–Kier alpha value is -2.20. The molecule has 3 rings (SSSR count). The van der Waals surface area contributed by atoms with Crippen LogP contribution in [-0.2, 0) is 6.54 Å². The Morgan fingerprint density at radius 2 is 2.00 bits per heavy atom. The van der Waals surface area contributed by atoms with Gasteiger partial charge in [0.05, 0.1) is 20.8 Å². The monoisotopic (exact) mass is 302 g/mol. The third kappa shape index (κ3) is 2.54. The van der Waals surface area contributed by atoms with Crippen LogP contribution in [0.4, 0.5) is 0 Å². The van der Waals surface area contributed by atoms with Gasteiger partial charge in [-0.2, -0.15) is 0 Å². The van der Waals surface area contributed by atoms with E-state index in [-0.39, 0.29) is 0 Å².